The molecule has 1 aromatic rings. The minimum absolute atomic E-state index is 0.0204. The van der Waals surface area contributed by atoms with Crippen LogP contribution in [0.2, 0.25) is 0 Å². The fraction of sp³-hybridized carbons (Fsp3) is 0.462. The maximum atomic E-state index is 12.1. The molecule has 90 valence electrons. The van der Waals surface area contributed by atoms with Crippen molar-refractivity contribution in [2.45, 2.75) is 25.7 Å². The fourth-order valence-corrected chi connectivity index (χ4v) is 2.35. The highest BCUT2D eigenvalue weighted by molar-refractivity contribution is 5.97. The van der Waals surface area contributed by atoms with Crippen molar-refractivity contribution in [2.75, 3.05) is 0 Å². The van der Waals surface area contributed by atoms with Crippen molar-refractivity contribution >= 4 is 11.8 Å². The van der Waals surface area contributed by atoms with E-state index >= 15 is 0 Å². The van der Waals surface area contributed by atoms with E-state index in [2.05, 4.69) is 4.98 Å². The smallest absolute Gasteiger partial charge is 0.306 e. The molecule has 0 bridgehead atoms. The third kappa shape index (κ3) is 2.70. The topological polar surface area (TPSA) is 67.3 Å². The van der Waals surface area contributed by atoms with Gasteiger partial charge in [0.25, 0.3) is 0 Å². The van der Waals surface area contributed by atoms with E-state index in [0.29, 0.717) is 31.2 Å². The molecule has 0 radical (unpaired) electrons. The maximum Gasteiger partial charge on any atom is 0.306 e. The molecule has 0 atom stereocenters. The number of carboxylic acid groups (broad SMARTS) is 1. The summed E-state index contributed by atoms with van der Waals surface area (Å²) in [6.45, 7) is 0. The first-order chi connectivity index (χ1) is 8.18. The molecule has 1 heterocycles. The van der Waals surface area contributed by atoms with Crippen LogP contribution in [0.15, 0.2) is 24.5 Å². The van der Waals surface area contributed by atoms with E-state index in [1.165, 1.54) is 0 Å². The number of nitrogens with zero attached hydrogens (tertiary/aromatic N) is 1. The van der Waals surface area contributed by atoms with Gasteiger partial charge in [-0.3, -0.25) is 14.6 Å². The Morgan fingerprint density at radius 3 is 2.12 bits per heavy atom. The van der Waals surface area contributed by atoms with Crippen LogP contribution < -0.4 is 0 Å². The van der Waals surface area contributed by atoms with Crippen LogP contribution in [0, 0.1) is 11.8 Å². The van der Waals surface area contributed by atoms with Crippen LogP contribution in [0.4, 0.5) is 0 Å². The summed E-state index contributed by atoms with van der Waals surface area (Å²) in [5.41, 5.74) is 0.679. The Hall–Kier alpha value is -1.71. The monoisotopic (exact) mass is 233 g/mol. The van der Waals surface area contributed by atoms with Crippen LogP contribution in [0.5, 0.6) is 0 Å². The average molecular weight is 233 g/mol. The van der Waals surface area contributed by atoms with E-state index in [0.717, 1.165) is 0 Å². The summed E-state index contributed by atoms with van der Waals surface area (Å²) >= 11 is 0. The van der Waals surface area contributed by atoms with Crippen LogP contribution in [-0.4, -0.2) is 21.8 Å². The van der Waals surface area contributed by atoms with Gasteiger partial charge in [-0.15, -0.1) is 0 Å². The highest BCUT2D eigenvalue weighted by Crippen LogP contribution is 2.31. The Kier molecular flexibility index (Phi) is 3.52. The predicted molar refractivity (Wildman–Crippen MR) is 61.7 cm³/mol. The zero-order chi connectivity index (χ0) is 12.3. The van der Waals surface area contributed by atoms with Crippen LogP contribution in [-0.2, 0) is 4.79 Å². The first-order valence-electron chi connectivity index (χ1n) is 5.85. The summed E-state index contributed by atoms with van der Waals surface area (Å²) in [6, 6.07) is 3.43. The Balaban J connectivity index is 1.98. The number of aromatic nitrogens is 1. The van der Waals surface area contributed by atoms with Gasteiger partial charge in [-0.2, -0.15) is 0 Å². The molecule has 0 unspecified atom stereocenters. The lowest BCUT2D eigenvalue weighted by molar-refractivity contribution is -0.143. The average Bonchev–Trinajstić information content (AvgIpc) is 2.39. The number of hydrogen-bond acceptors (Lipinski definition) is 3. The second-order valence-electron chi connectivity index (χ2n) is 4.49. The lowest BCUT2D eigenvalue weighted by Gasteiger charge is -2.24. The molecule has 4 heteroatoms. The SMILES string of the molecule is O=C(O)C1CCC(C(=O)c2ccncc2)CC1. The Morgan fingerprint density at radius 1 is 1.06 bits per heavy atom. The summed E-state index contributed by atoms with van der Waals surface area (Å²) in [6.07, 6.45) is 5.79. The number of aliphatic carboxylic acids is 1. The highest BCUT2D eigenvalue weighted by Gasteiger charge is 2.29. The predicted octanol–water partition coefficient (Wildman–Crippen LogP) is 2.16. The molecule has 1 aromatic heterocycles. The molecule has 0 saturated heterocycles. The van der Waals surface area contributed by atoms with E-state index in [1.54, 1.807) is 24.5 Å². The minimum Gasteiger partial charge on any atom is -0.481 e. The van der Waals surface area contributed by atoms with E-state index in [4.69, 9.17) is 5.11 Å². The highest BCUT2D eigenvalue weighted by atomic mass is 16.4. The molecule has 17 heavy (non-hydrogen) atoms. The standard InChI is InChI=1S/C13H15NO3/c15-12(10-5-7-14-8-6-10)9-1-3-11(4-2-9)13(16)17/h5-9,11H,1-4H2,(H,16,17). The number of carboxylic acids is 1. The molecular formula is C13H15NO3. The molecule has 1 fully saturated rings. The van der Waals surface area contributed by atoms with Crippen molar-refractivity contribution in [2.24, 2.45) is 11.8 Å². The van der Waals surface area contributed by atoms with Gasteiger partial charge in [0.05, 0.1) is 5.92 Å². The first kappa shape index (κ1) is 11.8. The van der Waals surface area contributed by atoms with Crippen molar-refractivity contribution in [3.8, 4) is 0 Å². The van der Waals surface area contributed by atoms with Gasteiger partial charge in [0.1, 0.15) is 0 Å². The zero-order valence-corrected chi connectivity index (χ0v) is 9.50. The third-order valence-electron chi connectivity index (χ3n) is 3.41. The zero-order valence-electron chi connectivity index (χ0n) is 9.50. The molecule has 1 saturated carbocycles. The van der Waals surface area contributed by atoms with Gasteiger partial charge in [-0.25, -0.2) is 0 Å². The summed E-state index contributed by atoms with van der Waals surface area (Å²) in [5.74, 6) is -0.902. The minimum atomic E-state index is -0.736. The molecule has 4 nitrogen and oxygen atoms in total. The molecular weight excluding hydrogens is 218 g/mol. The first-order valence-corrected chi connectivity index (χ1v) is 5.85. The van der Waals surface area contributed by atoms with Crippen molar-refractivity contribution in [1.82, 2.24) is 4.98 Å². The number of hydrogen-bond donors (Lipinski definition) is 1. The summed E-state index contributed by atoms with van der Waals surface area (Å²) in [4.78, 5) is 26.8. The van der Waals surface area contributed by atoms with Crippen molar-refractivity contribution in [3.05, 3.63) is 30.1 Å². The Labute approximate surface area is 99.7 Å². The summed E-state index contributed by atoms with van der Waals surface area (Å²) < 4.78 is 0. The lowest BCUT2D eigenvalue weighted by Crippen LogP contribution is -2.25. The van der Waals surface area contributed by atoms with Gasteiger partial charge in [-0.1, -0.05) is 0 Å². The molecule has 0 amide bonds. The van der Waals surface area contributed by atoms with Crippen LogP contribution >= 0.6 is 0 Å². The number of ketones is 1. The molecule has 1 N–H and O–H groups in total. The second-order valence-corrected chi connectivity index (χ2v) is 4.49. The largest absolute Gasteiger partial charge is 0.481 e. The van der Waals surface area contributed by atoms with Gasteiger partial charge >= 0.3 is 5.97 Å². The number of carbonyl (C=O) groups excluding carboxylic acids is 1. The summed E-state index contributed by atoms with van der Waals surface area (Å²) in [5, 5.41) is 8.89. The van der Waals surface area contributed by atoms with Gasteiger partial charge in [0, 0.05) is 23.9 Å². The molecule has 1 aliphatic carbocycles. The van der Waals surface area contributed by atoms with Crippen LogP contribution in [0.1, 0.15) is 36.0 Å². The van der Waals surface area contributed by atoms with Crippen molar-refractivity contribution in [3.63, 3.8) is 0 Å². The van der Waals surface area contributed by atoms with Crippen molar-refractivity contribution in [1.29, 1.82) is 0 Å². The van der Waals surface area contributed by atoms with Gasteiger partial charge in [0.2, 0.25) is 0 Å². The van der Waals surface area contributed by atoms with Gasteiger partial charge in [0.15, 0.2) is 5.78 Å². The normalized spacial score (nSPS) is 24.2. The Morgan fingerprint density at radius 2 is 1.59 bits per heavy atom. The van der Waals surface area contributed by atoms with Crippen molar-refractivity contribution < 1.29 is 14.7 Å². The molecule has 0 spiro atoms. The van der Waals surface area contributed by atoms with Gasteiger partial charge in [-0.05, 0) is 37.8 Å². The third-order valence-corrected chi connectivity index (χ3v) is 3.41. The maximum absolute atomic E-state index is 12.1. The van der Waals surface area contributed by atoms with E-state index in [1.807, 2.05) is 0 Å². The summed E-state index contributed by atoms with van der Waals surface area (Å²) in [7, 11) is 0. The Bertz CT molecular complexity index is 408. The quantitative estimate of drug-likeness (QED) is 0.812. The van der Waals surface area contributed by atoms with Crippen LogP contribution in [0.3, 0.4) is 0 Å². The van der Waals surface area contributed by atoms with Gasteiger partial charge < -0.3 is 5.11 Å². The molecule has 0 aromatic carbocycles. The molecule has 2 rings (SSSR count). The number of rotatable bonds is 3. The number of Topliss-reactive ketones (excluding diaryl/α,β-unsaturated/α-hetero) is 1. The number of carbonyl (C=O) groups is 2. The van der Waals surface area contributed by atoms with E-state index in [-0.39, 0.29) is 17.6 Å². The van der Waals surface area contributed by atoms with E-state index < -0.39 is 5.97 Å². The van der Waals surface area contributed by atoms with E-state index in [9.17, 15) is 9.59 Å². The fourth-order valence-electron chi connectivity index (χ4n) is 2.35. The molecule has 1 aliphatic rings. The number of pyridine rings is 1. The van der Waals surface area contributed by atoms with Crippen LogP contribution in [0.25, 0.3) is 0 Å². The second kappa shape index (κ2) is 5.08. The molecule has 0 aliphatic heterocycles. The lowest BCUT2D eigenvalue weighted by atomic mass is 9.79.